The Morgan fingerprint density at radius 2 is 2.00 bits per heavy atom. The van der Waals surface area contributed by atoms with E-state index >= 15 is 0 Å². The second kappa shape index (κ2) is 7.15. The minimum atomic E-state index is -0.0604. The van der Waals surface area contributed by atoms with E-state index in [2.05, 4.69) is 35.1 Å². The molecule has 1 aromatic rings. The number of amides is 1. The smallest absolute Gasteiger partial charge is 0.252 e. The molecule has 2 nitrogen and oxygen atoms in total. The van der Waals surface area contributed by atoms with Gasteiger partial charge in [0.15, 0.2) is 0 Å². The summed E-state index contributed by atoms with van der Waals surface area (Å²) in [5.74, 6) is 0.599. The molecule has 1 N–H and O–H groups in total. The van der Waals surface area contributed by atoms with Gasteiger partial charge in [-0.2, -0.15) is 0 Å². The fraction of sp³-hybridized carbons (Fsp3) is 0.500. The highest BCUT2D eigenvalue weighted by Crippen LogP contribution is 2.21. The van der Waals surface area contributed by atoms with Crippen molar-refractivity contribution in [2.24, 2.45) is 5.92 Å². The van der Waals surface area contributed by atoms with Gasteiger partial charge in [-0.15, -0.1) is 0 Å². The quantitative estimate of drug-likeness (QED) is 0.835. The minimum absolute atomic E-state index is 0.0604. The molecule has 0 aliphatic heterocycles. The lowest BCUT2D eigenvalue weighted by Gasteiger charge is -2.15. The molecular formula is C14H19BrClNO. The highest BCUT2D eigenvalue weighted by Gasteiger charge is 2.13. The summed E-state index contributed by atoms with van der Waals surface area (Å²) in [5.41, 5.74) is 0.621. The van der Waals surface area contributed by atoms with Gasteiger partial charge in [0.25, 0.3) is 5.91 Å². The lowest BCUT2D eigenvalue weighted by molar-refractivity contribution is 0.0936. The van der Waals surface area contributed by atoms with Crippen molar-refractivity contribution in [2.45, 2.75) is 39.7 Å². The van der Waals surface area contributed by atoms with Gasteiger partial charge in [-0.05, 0) is 59.8 Å². The van der Waals surface area contributed by atoms with Crippen molar-refractivity contribution in [2.75, 3.05) is 0 Å². The molecule has 18 heavy (non-hydrogen) atoms. The summed E-state index contributed by atoms with van der Waals surface area (Å²) < 4.78 is 0.726. The molecule has 0 heterocycles. The zero-order valence-electron chi connectivity index (χ0n) is 11.0. The standard InChI is InChI=1S/C14H19BrClNO/c1-9(2)4-5-10(3)17-14(18)12-7-6-11(16)8-13(12)15/h6-10H,4-5H2,1-3H3,(H,17,18). The summed E-state index contributed by atoms with van der Waals surface area (Å²) in [6.45, 7) is 6.40. The number of rotatable bonds is 5. The van der Waals surface area contributed by atoms with Crippen LogP contribution in [0.2, 0.25) is 5.02 Å². The largest absolute Gasteiger partial charge is 0.350 e. The monoisotopic (exact) mass is 331 g/mol. The Hall–Kier alpha value is -0.540. The van der Waals surface area contributed by atoms with Gasteiger partial charge in [-0.3, -0.25) is 4.79 Å². The molecule has 0 aromatic heterocycles. The summed E-state index contributed by atoms with van der Waals surface area (Å²) in [7, 11) is 0. The molecule has 1 rings (SSSR count). The van der Waals surface area contributed by atoms with Crippen molar-refractivity contribution in [1.29, 1.82) is 0 Å². The van der Waals surface area contributed by atoms with E-state index < -0.39 is 0 Å². The van der Waals surface area contributed by atoms with Crippen LogP contribution in [-0.2, 0) is 0 Å². The molecule has 0 saturated carbocycles. The zero-order valence-corrected chi connectivity index (χ0v) is 13.3. The normalized spacial score (nSPS) is 12.6. The van der Waals surface area contributed by atoms with Crippen molar-refractivity contribution < 1.29 is 4.79 Å². The molecule has 0 saturated heterocycles. The number of nitrogens with one attached hydrogen (secondary N) is 1. The van der Waals surface area contributed by atoms with Gasteiger partial charge in [0, 0.05) is 15.5 Å². The van der Waals surface area contributed by atoms with E-state index in [0.717, 1.165) is 17.3 Å². The van der Waals surface area contributed by atoms with Gasteiger partial charge in [0.2, 0.25) is 0 Å². The highest BCUT2D eigenvalue weighted by atomic mass is 79.9. The lowest BCUT2D eigenvalue weighted by Crippen LogP contribution is -2.32. The van der Waals surface area contributed by atoms with Crippen LogP contribution in [0.15, 0.2) is 22.7 Å². The van der Waals surface area contributed by atoms with Crippen LogP contribution in [0.25, 0.3) is 0 Å². The fourth-order valence-electron chi connectivity index (χ4n) is 1.63. The van der Waals surface area contributed by atoms with Crippen molar-refractivity contribution in [1.82, 2.24) is 5.32 Å². The Morgan fingerprint density at radius 3 is 2.56 bits per heavy atom. The topological polar surface area (TPSA) is 29.1 Å². The van der Waals surface area contributed by atoms with Crippen molar-refractivity contribution in [3.8, 4) is 0 Å². The van der Waals surface area contributed by atoms with Crippen LogP contribution in [0.4, 0.5) is 0 Å². The number of hydrogen-bond donors (Lipinski definition) is 1. The van der Waals surface area contributed by atoms with Gasteiger partial charge < -0.3 is 5.32 Å². The molecule has 1 unspecified atom stereocenters. The van der Waals surface area contributed by atoms with E-state index in [1.165, 1.54) is 0 Å². The van der Waals surface area contributed by atoms with Crippen molar-refractivity contribution in [3.05, 3.63) is 33.3 Å². The molecule has 0 spiro atoms. The first kappa shape index (κ1) is 15.5. The average Bonchev–Trinajstić information content (AvgIpc) is 2.26. The number of carbonyl (C=O) groups excluding carboxylic acids is 1. The Kier molecular flexibility index (Phi) is 6.16. The summed E-state index contributed by atoms with van der Waals surface area (Å²) in [4.78, 5) is 12.0. The van der Waals surface area contributed by atoms with Gasteiger partial charge in [-0.25, -0.2) is 0 Å². The van der Waals surface area contributed by atoms with E-state index in [4.69, 9.17) is 11.6 Å². The van der Waals surface area contributed by atoms with Crippen LogP contribution in [-0.4, -0.2) is 11.9 Å². The molecular weight excluding hydrogens is 314 g/mol. The predicted molar refractivity (Wildman–Crippen MR) is 80.2 cm³/mol. The number of carbonyl (C=O) groups is 1. The molecule has 0 aliphatic carbocycles. The Morgan fingerprint density at radius 1 is 1.33 bits per heavy atom. The van der Waals surface area contributed by atoms with Crippen LogP contribution in [0.1, 0.15) is 44.0 Å². The second-order valence-electron chi connectivity index (χ2n) is 4.97. The van der Waals surface area contributed by atoms with E-state index in [-0.39, 0.29) is 11.9 Å². The van der Waals surface area contributed by atoms with E-state index in [9.17, 15) is 4.79 Å². The molecule has 0 aliphatic rings. The SMILES string of the molecule is CC(C)CCC(C)NC(=O)c1ccc(Cl)cc1Br. The van der Waals surface area contributed by atoms with Crippen LogP contribution >= 0.6 is 27.5 Å². The first-order valence-electron chi connectivity index (χ1n) is 6.16. The number of benzene rings is 1. The fourth-order valence-corrected chi connectivity index (χ4v) is 2.49. The molecule has 4 heteroatoms. The second-order valence-corrected chi connectivity index (χ2v) is 6.26. The third kappa shape index (κ3) is 4.99. The van der Waals surface area contributed by atoms with E-state index in [1.54, 1.807) is 18.2 Å². The summed E-state index contributed by atoms with van der Waals surface area (Å²) in [6.07, 6.45) is 2.11. The summed E-state index contributed by atoms with van der Waals surface area (Å²) in [6, 6.07) is 5.37. The number of hydrogen-bond acceptors (Lipinski definition) is 1. The third-order valence-corrected chi connectivity index (χ3v) is 3.62. The van der Waals surface area contributed by atoms with Crippen molar-refractivity contribution in [3.63, 3.8) is 0 Å². The predicted octanol–water partition coefficient (Wildman–Crippen LogP) is 4.66. The van der Waals surface area contributed by atoms with Crippen LogP contribution in [0.5, 0.6) is 0 Å². The van der Waals surface area contributed by atoms with Gasteiger partial charge in [0.1, 0.15) is 0 Å². The molecule has 0 bridgehead atoms. The average molecular weight is 333 g/mol. The molecule has 0 radical (unpaired) electrons. The molecule has 0 fully saturated rings. The minimum Gasteiger partial charge on any atom is -0.350 e. The molecule has 1 amide bonds. The van der Waals surface area contributed by atoms with Crippen LogP contribution < -0.4 is 5.32 Å². The van der Waals surface area contributed by atoms with E-state index in [1.807, 2.05) is 6.92 Å². The maximum absolute atomic E-state index is 12.0. The van der Waals surface area contributed by atoms with Crippen LogP contribution in [0.3, 0.4) is 0 Å². The Labute approximate surface area is 122 Å². The van der Waals surface area contributed by atoms with Gasteiger partial charge >= 0.3 is 0 Å². The molecule has 1 aromatic carbocycles. The summed E-state index contributed by atoms with van der Waals surface area (Å²) in [5, 5.41) is 3.62. The Balaban J connectivity index is 2.59. The molecule has 100 valence electrons. The van der Waals surface area contributed by atoms with Crippen LogP contribution in [0, 0.1) is 5.92 Å². The Bertz CT molecular complexity index is 420. The maximum atomic E-state index is 12.0. The zero-order chi connectivity index (χ0) is 13.7. The summed E-state index contributed by atoms with van der Waals surface area (Å²) >= 11 is 9.20. The van der Waals surface area contributed by atoms with Crippen molar-refractivity contribution >= 4 is 33.4 Å². The number of halogens is 2. The van der Waals surface area contributed by atoms with E-state index in [0.29, 0.717) is 16.5 Å². The van der Waals surface area contributed by atoms with Gasteiger partial charge in [-0.1, -0.05) is 25.4 Å². The highest BCUT2D eigenvalue weighted by molar-refractivity contribution is 9.10. The lowest BCUT2D eigenvalue weighted by atomic mass is 10.0. The van der Waals surface area contributed by atoms with Gasteiger partial charge in [0.05, 0.1) is 5.56 Å². The first-order valence-corrected chi connectivity index (χ1v) is 7.33. The molecule has 1 atom stereocenters. The first-order chi connectivity index (χ1) is 8.40. The third-order valence-electron chi connectivity index (χ3n) is 2.73. The maximum Gasteiger partial charge on any atom is 0.252 e.